The Morgan fingerprint density at radius 2 is 2.04 bits per heavy atom. The normalized spacial score (nSPS) is 15.2. The van der Waals surface area contributed by atoms with Crippen LogP contribution in [0.2, 0.25) is 5.02 Å². The summed E-state index contributed by atoms with van der Waals surface area (Å²) in [6.07, 6.45) is 3.20. The molecule has 0 bridgehead atoms. The standard InChI is InChI=1S/C17H25ClN4O.HI/c1-3-9-20-15(23)11-21-16(19-2)22-12-17(7-8-17)13-5-4-6-14(18)10-13;/h4-6,10H,3,7-9,11-12H2,1-2H3,(H,20,23)(H2,19,21,22);1H. The highest BCUT2D eigenvalue weighted by Crippen LogP contribution is 2.48. The minimum Gasteiger partial charge on any atom is -0.356 e. The van der Waals surface area contributed by atoms with Gasteiger partial charge in [-0.3, -0.25) is 9.79 Å². The van der Waals surface area contributed by atoms with Crippen LogP contribution in [0, 0.1) is 0 Å². The van der Waals surface area contributed by atoms with Crippen molar-refractivity contribution in [2.45, 2.75) is 31.6 Å². The van der Waals surface area contributed by atoms with Gasteiger partial charge in [0.15, 0.2) is 5.96 Å². The number of carbonyl (C=O) groups is 1. The monoisotopic (exact) mass is 464 g/mol. The van der Waals surface area contributed by atoms with Crippen LogP contribution in [0.15, 0.2) is 29.3 Å². The van der Waals surface area contributed by atoms with E-state index in [9.17, 15) is 4.79 Å². The zero-order valence-electron chi connectivity index (χ0n) is 14.2. The molecular formula is C17H26ClIN4O. The van der Waals surface area contributed by atoms with Crippen LogP contribution in [-0.4, -0.2) is 38.5 Å². The molecule has 1 amide bonds. The van der Waals surface area contributed by atoms with Gasteiger partial charge in [-0.1, -0.05) is 30.7 Å². The van der Waals surface area contributed by atoms with Crippen molar-refractivity contribution in [3.63, 3.8) is 0 Å². The second-order valence-corrected chi connectivity index (χ2v) is 6.36. The Morgan fingerprint density at radius 3 is 2.62 bits per heavy atom. The average molecular weight is 465 g/mol. The van der Waals surface area contributed by atoms with Crippen LogP contribution in [0.4, 0.5) is 0 Å². The number of benzene rings is 1. The van der Waals surface area contributed by atoms with Crippen LogP contribution >= 0.6 is 35.6 Å². The Morgan fingerprint density at radius 1 is 1.29 bits per heavy atom. The van der Waals surface area contributed by atoms with E-state index < -0.39 is 0 Å². The highest BCUT2D eigenvalue weighted by Gasteiger charge is 2.44. The Bertz CT molecular complexity index is 575. The van der Waals surface area contributed by atoms with E-state index in [-0.39, 0.29) is 41.8 Å². The third kappa shape index (κ3) is 6.12. The molecule has 5 nitrogen and oxygen atoms in total. The number of nitrogens with one attached hydrogen (secondary N) is 3. The van der Waals surface area contributed by atoms with Gasteiger partial charge < -0.3 is 16.0 Å². The van der Waals surface area contributed by atoms with Crippen LogP contribution in [0.3, 0.4) is 0 Å². The molecule has 1 saturated carbocycles. The molecule has 0 atom stereocenters. The van der Waals surface area contributed by atoms with Crippen LogP contribution in [0.1, 0.15) is 31.7 Å². The zero-order valence-corrected chi connectivity index (χ0v) is 17.3. The summed E-state index contributed by atoms with van der Waals surface area (Å²) in [4.78, 5) is 15.8. The van der Waals surface area contributed by atoms with Crippen LogP contribution in [0.5, 0.6) is 0 Å². The third-order valence-electron chi connectivity index (χ3n) is 4.10. The summed E-state index contributed by atoms with van der Waals surface area (Å²) in [5.74, 6) is 0.621. The Hall–Kier alpha value is -1.02. The Kier molecular flexibility index (Phi) is 8.83. The first kappa shape index (κ1) is 21.0. The number of halogens is 2. The summed E-state index contributed by atoms with van der Waals surface area (Å²) in [7, 11) is 1.71. The molecule has 24 heavy (non-hydrogen) atoms. The van der Waals surface area contributed by atoms with E-state index in [4.69, 9.17) is 11.6 Å². The van der Waals surface area contributed by atoms with Crippen molar-refractivity contribution in [2.75, 3.05) is 26.7 Å². The molecule has 7 heteroatoms. The van der Waals surface area contributed by atoms with E-state index in [1.807, 2.05) is 25.1 Å². The van der Waals surface area contributed by atoms with E-state index in [0.29, 0.717) is 12.5 Å². The van der Waals surface area contributed by atoms with E-state index in [2.05, 4.69) is 27.0 Å². The second-order valence-electron chi connectivity index (χ2n) is 5.92. The molecule has 134 valence electrons. The lowest BCUT2D eigenvalue weighted by Gasteiger charge is -2.19. The van der Waals surface area contributed by atoms with Crippen molar-refractivity contribution in [2.24, 2.45) is 4.99 Å². The molecule has 1 aliphatic carbocycles. The number of amides is 1. The van der Waals surface area contributed by atoms with Gasteiger partial charge in [0.25, 0.3) is 0 Å². The van der Waals surface area contributed by atoms with E-state index in [1.165, 1.54) is 5.56 Å². The molecule has 1 aromatic rings. The predicted octanol–water partition coefficient (Wildman–Crippen LogP) is 2.68. The van der Waals surface area contributed by atoms with Gasteiger partial charge in [-0.25, -0.2) is 0 Å². The molecule has 0 aliphatic heterocycles. The second kappa shape index (κ2) is 10.1. The number of nitrogens with zero attached hydrogens (tertiary/aromatic N) is 1. The summed E-state index contributed by atoms with van der Waals surface area (Å²) < 4.78 is 0. The summed E-state index contributed by atoms with van der Waals surface area (Å²) in [6.45, 7) is 3.73. The Balaban J connectivity index is 0.00000288. The molecule has 0 spiro atoms. The van der Waals surface area contributed by atoms with Crippen molar-refractivity contribution in [3.8, 4) is 0 Å². The molecule has 1 aliphatic rings. The summed E-state index contributed by atoms with van der Waals surface area (Å²) in [6, 6.07) is 8.03. The fraction of sp³-hybridized carbons (Fsp3) is 0.529. The van der Waals surface area contributed by atoms with E-state index in [1.54, 1.807) is 7.05 Å². The number of rotatable bonds is 7. The maximum atomic E-state index is 11.6. The molecule has 0 heterocycles. The molecule has 1 aromatic carbocycles. The van der Waals surface area contributed by atoms with Gasteiger partial charge in [0, 0.05) is 30.6 Å². The summed E-state index contributed by atoms with van der Waals surface area (Å²) >= 11 is 6.09. The first-order valence-electron chi connectivity index (χ1n) is 8.07. The maximum Gasteiger partial charge on any atom is 0.239 e. The lowest BCUT2D eigenvalue weighted by Crippen LogP contribution is -2.45. The smallest absolute Gasteiger partial charge is 0.239 e. The predicted molar refractivity (Wildman–Crippen MR) is 110 cm³/mol. The Labute approximate surface area is 166 Å². The lowest BCUT2D eigenvalue weighted by atomic mass is 9.96. The highest BCUT2D eigenvalue weighted by molar-refractivity contribution is 14.0. The van der Waals surface area contributed by atoms with Gasteiger partial charge in [-0.2, -0.15) is 0 Å². The van der Waals surface area contributed by atoms with Gasteiger partial charge >= 0.3 is 0 Å². The number of hydrogen-bond donors (Lipinski definition) is 3. The molecule has 0 unspecified atom stereocenters. The van der Waals surface area contributed by atoms with Crippen molar-refractivity contribution in [3.05, 3.63) is 34.9 Å². The number of guanidine groups is 1. The highest BCUT2D eigenvalue weighted by atomic mass is 127. The first-order chi connectivity index (χ1) is 11.1. The van der Waals surface area contributed by atoms with Gasteiger partial charge in [0.1, 0.15) is 0 Å². The van der Waals surface area contributed by atoms with Gasteiger partial charge in [-0.05, 0) is 37.0 Å². The molecule has 2 rings (SSSR count). The molecule has 0 aromatic heterocycles. The molecule has 1 fully saturated rings. The van der Waals surface area contributed by atoms with Gasteiger partial charge in [-0.15, -0.1) is 24.0 Å². The van der Waals surface area contributed by atoms with Crippen LogP contribution in [0.25, 0.3) is 0 Å². The molecule has 0 radical (unpaired) electrons. The summed E-state index contributed by atoms with van der Waals surface area (Å²) in [5, 5.41) is 9.96. The van der Waals surface area contributed by atoms with Gasteiger partial charge in [0.2, 0.25) is 5.91 Å². The largest absolute Gasteiger partial charge is 0.356 e. The fourth-order valence-electron chi connectivity index (χ4n) is 2.50. The average Bonchev–Trinajstić information content (AvgIpc) is 3.34. The SMILES string of the molecule is CCCNC(=O)CNC(=NC)NCC1(c2cccc(Cl)c2)CC1.I. The number of carbonyl (C=O) groups excluding carboxylic acids is 1. The quantitative estimate of drug-likeness (QED) is 0.330. The molecule has 3 N–H and O–H groups in total. The zero-order chi connectivity index (χ0) is 16.7. The van der Waals surface area contributed by atoms with Crippen molar-refractivity contribution in [1.82, 2.24) is 16.0 Å². The number of aliphatic imine (C=N–C) groups is 1. The number of hydrogen-bond acceptors (Lipinski definition) is 2. The summed E-state index contributed by atoms with van der Waals surface area (Å²) in [5.41, 5.74) is 1.39. The maximum absolute atomic E-state index is 11.6. The van der Waals surface area contributed by atoms with Crippen LogP contribution in [-0.2, 0) is 10.2 Å². The lowest BCUT2D eigenvalue weighted by molar-refractivity contribution is -0.120. The van der Waals surface area contributed by atoms with E-state index in [0.717, 1.165) is 30.8 Å². The minimum absolute atomic E-state index is 0. The minimum atomic E-state index is -0.0224. The first-order valence-corrected chi connectivity index (χ1v) is 8.45. The van der Waals surface area contributed by atoms with Crippen molar-refractivity contribution < 1.29 is 4.79 Å². The third-order valence-corrected chi connectivity index (χ3v) is 4.33. The topological polar surface area (TPSA) is 65.5 Å². The molecular weight excluding hydrogens is 439 g/mol. The van der Waals surface area contributed by atoms with Crippen molar-refractivity contribution >= 4 is 47.4 Å². The molecule has 0 saturated heterocycles. The van der Waals surface area contributed by atoms with Crippen LogP contribution < -0.4 is 16.0 Å². The van der Waals surface area contributed by atoms with E-state index >= 15 is 0 Å². The van der Waals surface area contributed by atoms with Gasteiger partial charge in [0.05, 0.1) is 6.54 Å². The van der Waals surface area contributed by atoms with Crippen molar-refractivity contribution in [1.29, 1.82) is 0 Å². The fourth-order valence-corrected chi connectivity index (χ4v) is 2.69.